The van der Waals surface area contributed by atoms with Gasteiger partial charge in [-0.05, 0) is 17.7 Å². The van der Waals surface area contributed by atoms with Crippen molar-refractivity contribution in [3.05, 3.63) is 65.7 Å². The molecule has 5 heteroatoms. The maximum absolute atomic E-state index is 12.1. The third kappa shape index (κ3) is 4.59. The van der Waals surface area contributed by atoms with Gasteiger partial charge in [0.1, 0.15) is 6.07 Å². The van der Waals surface area contributed by atoms with E-state index in [4.69, 9.17) is 0 Å². The maximum atomic E-state index is 12.1. The van der Waals surface area contributed by atoms with Crippen LogP contribution in [0.4, 0.5) is 5.69 Å². The summed E-state index contributed by atoms with van der Waals surface area (Å²) in [5.74, 6) is 0.0507. The van der Waals surface area contributed by atoms with Crippen molar-refractivity contribution in [2.45, 2.75) is 6.54 Å². The van der Waals surface area contributed by atoms with Crippen molar-refractivity contribution in [3.8, 4) is 6.07 Å². The highest BCUT2D eigenvalue weighted by molar-refractivity contribution is 5.78. The molecule has 1 N–H and O–H groups in total. The number of benzene rings is 2. The first-order chi connectivity index (χ1) is 12.3. The van der Waals surface area contributed by atoms with Crippen molar-refractivity contribution in [1.29, 1.82) is 5.26 Å². The highest BCUT2D eigenvalue weighted by atomic mass is 16.2. The van der Waals surface area contributed by atoms with Crippen LogP contribution in [0, 0.1) is 11.3 Å². The quantitative estimate of drug-likeness (QED) is 0.908. The Morgan fingerprint density at radius 2 is 1.68 bits per heavy atom. The van der Waals surface area contributed by atoms with Crippen molar-refractivity contribution in [1.82, 2.24) is 10.2 Å². The molecule has 0 atom stereocenters. The molecule has 1 saturated heterocycles. The van der Waals surface area contributed by atoms with Gasteiger partial charge in [-0.15, -0.1) is 0 Å². The summed E-state index contributed by atoms with van der Waals surface area (Å²) in [6.45, 7) is 4.27. The predicted molar refractivity (Wildman–Crippen MR) is 98.1 cm³/mol. The fraction of sp³-hybridized carbons (Fsp3) is 0.300. The second-order valence-electron chi connectivity index (χ2n) is 6.15. The number of piperazine rings is 1. The van der Waals surface area contributed by atoms with E-state index in [1.54, 1.807) is 0 Å². The number of hydrogen-bond donors (Lipinski definition) is 1. The molecule has 1 aliphatic heterocycles. The second kappa shape index (κ2) is 8.32. The minimum absolute atomic E-state index is 0.0507. The minimum Gasteiger partial charge on any atom is -0.368 e. The number of nitrogens with one attached hydrogen (secondary N) is 1. The molecule has 1 heterocycles. The van der Waals surface area contributed by atoms with Gasteiger partial charge >= 0.3 is 0 Å². The van der Waals surface area contributed by atoms with Gasteiger partial charge in [0.15, 0.2) is 0 Å². The van der Waals surface area contributed by atoms with Crippen LogP contribution in [-0.4, -0.2) is 43.5 Å². The molecular weight excluding hydrogens is 312 g/mol. The standard InChI is InChI=1S/C20H22N4O/c21-14-18-8-4-5-9-19(18)24-12-10-23(11-13-24)16-20(25)22-15-17-6-2-1-3-7-17/h1-9H,10-13,15-16H2,(H,22,25). The van der Waals surface area contributed by atoms with Crippen LogP contribution < -0.4 is 10.2 Å². The molecule has 0 aromatic heterocycles. The Hall–Kier alpha value is -2.84. The number of carbonyl (C=O) groups is 1. The predicted octanol–water partition coefficient (Wildman–Crippen LogP) is 2.00. The summed E-state index contributed by atoms with van der Waals surface area (Å²) in [5, 5.41) is 12.2. The average Bonchev–Trinajstić information content (AvgIpc) is 2.68. The van der Waals surface area contributed by atoms with Crippen LogP contribution in [0.3, 0.4) is 0 Å². The molecule has 128 valence electrons. The van der Waals surface area contributed by atoms with E-state index in [1.807, 2.05) is 54.6 Å². The third-order valence-electron chi connectivity index (χ3n) is 4.44. The highest BCUT2D eigenvalue weighted by Gasteiger charge is 2.20. The Kier molecular flexibility index (Phi) is 5.65. The van der Waals surface area contributed by atoms with E-state index in [1.165, 1.54) is 0 Å². The maximum Gasteiger partial charge on any atom is 0.234 e. The number of hydrogen-bond acceptors (Lipinski definition) is 4. The Morgan fingerprint density at radius 3 is 2.40 bits per heavy atom. The lowest BCUT2D eigenvalue weighted by Gasteiger charge is -2.36. The number of rotatable bonds is 5. The zero-order valence-electron chi connectivity index (χ0n) is 14.2. The van der Waals surface area contributed by atoms with E-state index < -0.39 is 0 Å². The van der Waals surface area contributed by atoms with Gasteiger partial charge in [-0.25, -0.2) is 0 Å². The van der Waals surface area contributed by atoms with E-state index in [2.05, 4.69) is 21.2 Å². The van der Waals surface area contributed by atoms with Gasteiger partial charge in [0.05, 0.1) is 17.8 Å². The molecule has 0 bridgehead atoms. The van der Waals surface area contributed by atoms with Gasteiger partial charge < -0.3 is 10.2 Å². The van der Waals surface area contributed by atoms with Crippen molar-refractivity contribution >= 4 is 11.6 Å². The smallest absolute Gasteiger partial charge is 0.234 e. The number of anilines is 1. The molecule has 0 spiro atoms. The van der Waals surface area contributed by atoms with Gasteiger partial charge in [0.2, 0.25) is 5.91 Å². The lowest BCUT2D eigenvalue weighted by atomic mass is 10.1. The molecule has 2 aromatic rings. The molecule has 5 nitrogen and oxygen atoms in total. The molecule has 1 fully saturated rings. The highest BCUT2D eigenvalue weighted by Crippen LogP contribution is 2.20. The lowest BCUT2D eigenvalue weighted by Crippen LogP contribution is -2.49. The van der Waals surface area contributed by atoms with Crippen molar-refractivity contribution in [3.63, 3.8) is 0 Å². The fourth-order valence-corrected chi connectivity index (χ4v) is 3.05. The largest absolute Gasteiger partial charge is 0.368 e. The van der Waals surface area contributed by atoms with Crippen LogP contribution in [0.1, 0.15) is 11.1 Å². The van der Waals surface area contributed by atoms with Crippen molar-refractivity contribution < 1.29 is 4.79 Å². The summed E-state index contributed by atoms with van der Waals surface area (Å²) in [7, 11) is 0. The zero-order chi connectivity index (χ0) is 17.5. The fourth-order valence-electron chi connectivity index (χ4n) is 3.05. The first-order valence-corrected chi connectivity index (χ1v) is 8.53. The molecule has 0 saturated carbocycles. The summed E-state index contributed by atoms with van der Waals surface area (Å²) in [6, 6.07) is 19.8. The molecule has 1 aliphatic rings. The lowest BCUT2D eigenvalue weighted by molar-refractivity contribution is -0.122. The third-order valence-corrected chi connectivity index (χ3v) is 4.44. The van der Waals surface area contributed by atoms with Crippen molar-refractivity contribution in [2.75, 3.05) is 37.6 Å². The van der Waals surface area contributed by atoms with Crippen LogP contribution in [-0.2, 0) is 11.3 Å². The minimum atomic E-state index is 0.0507. The van der Waals surface area contributed by atoms with E-state index in [9.17, 15) is 10.1 Å². The van der Waals surface area contributed by atoms with Gasteiger partial charge in [0, 0.05) is 32.7 Å². The molecule has 0 radical (unpaired) electrons. The molecule has 0 unspecified atom stereocenters. The average molecular weight is 334 g/mol. The molecule has 0 aliphatic carbocycles. The van der Waals surface area contributed by atoms with E-state index in [-0.39, 0.29) is 5.91 Å². The molecule has 3 rings (SSSR count). The summed E-state index contributed by atoms with van der Waals surface area (Å²) in [4.78, 5) is 16.5. The first-order valence-electron chi connectivity index (χ1n) is 8.53. The Balaban J connectivity index is 1.46. The number of nitrogens with zero attached hydrogens (tertiary/aromatic N) is 3. The summed E-state index contributed by atoms with van der Waals surface area (Å²) in [5.41, 5.74) is 2.79. The van der Waals surface area contributed by atoms with Gasteiger partial charge in [-0.1, -0.05) is 42.5 Å². The van der Waals surface area contributed by atoms with Gasteiger partial charge in [-0.3, -0.25) is 9.69 Å². The summed E-state index contributed by atoms with van der Waals surface area (Å²) < 4.78 is 0. The SMILES string of the molecule is N#Cc1ccccc1N1CCN(CC(=O)NCc2ccccc2)CC1. The van der Waals surface area contributed by atoms with E-state index >= 15 is 0 Å². The van der Waals surface area contributed by atoms with Crippen molar-refractivity contribution in [2.24, 2.45) is 0 Å². The number of nitriles is 1. The summed E-state index contributed by atoms with van der Waals surface area (Å²) in [6.07, 6.45) is 0. The normalized spacial score (nSPS) is 14.8. The van der Waals surface area contributed by atoms with Crippen LogP contribution in [0.25, 0.3) is 0 Å². The van der Waals surface area contributed by atoms with Gasteiger partial charge in [0.25, 0.3) is 0 Å². The van der Waals surface area contributed by atoms with Crippen LogP contribution >= 0.6 is 0 Å². The number of carbonyl (C=O) groups excluding carboxylic acids is 1. The summed E-state index contributed by atoms with van der Waals surface area (Å²) >= 11 is 0. The van der Waals surface area contributed by atoms with Gasteiger partial charge in [-0.2, -0.15) is 5.26 Å². The molecule has 2 aromatic carbocycles. The van der Waals surface area contributed by atoms with Crippen LogP contribution in [0.15, 0.2) is 54.6 Å². The zero-order valence-corrected chi connectivity index (χ0v) is 14.2. The molecule has 25 heavy (non-hydrogen) atoms. The topological polar surface area (TPSA) is 59.4 Å². The Bertz CT molecular complexity index is 746. The Morgan fingerprint density at radius 1 is 1.00 bits per heavy atom. The monoisotopic (exact) mass is 334 g/mol. The first kappa shape index (κ1) is 17.0. The Labute approximate surface area is 148 Å². The van der Waals surface area contributed by atoms with Crippen LogP contribution in [0.5, 0.6) is 0 Å². The second-order valence-corrected chi connectivity index (χ2v) is 6.15. The van der Waals surface area contributed by atoms with E-state index in [0.717, 1.165) is 37.4 Å². The van der Waals surface area contributed by atoms with E-state index in [0.29, 0.717) is 18.7 Å². The molecular formula is C20H22N4O. The number of para-hydroxylation sites is 1. The van der Waals surface area contributed by atoms with Crippen LogP contribution in [0.2, 0.25) is 0 Å². The molecule has 1 amide bonds. The number of amides is 1.